The van der Waals surface area contributed by atoms with E-state index in [1.54, 1.807) is 22.7 Å². The third-order valence-electron chi connectivity index (χ3n) is 5.85. The van der Waals surface area contributed by atoms with Gasteiger partial charge in [0.2, 0.25) is 5.91 Å². The highest BCUT2D eigenvalue weighted by molar-refractivity contribution is 7.10. The Morgan fingerprint density at radius 1 is 1.20 bits per heavy atom. The van der Waals surface area contributed by atoms with Crippen LogP contribution in [-0.2, 0) is 17.8 Å². The monoisotopic (exact) mass is 439 g/mol. The lowest BCUT2D eigenvalue weighted by Crippen LogP contribution is -2.41. The highest BCUT2D eigenvalue weighted by Gasteiger charge is 2.28. The number of carbonyl (C=O) groups is 1. The second-order valence-corrected chi connectivity index (χ2v) is 10.0. The van der Waals surface area contributed by atoms with Crippen LogP contribution in [0, 0.1) is 12.8 Å². The lowest BCUT2D eigenvalue weighted by molar-refractivity contribution is -0.127. The molecule has 30 heavy (non-hydrogen) atoms. The van der Waals surface area contributed by atoms with E-state index < -0.39 is 0 Å². The van der Waals surface area contributed by atoms with Gasteiger partial charge < -0.3 is 5.32 Å². The largest absolute Gasteiger partial charge is 0.344 e. The number of aromatic nitrogens is 1. The molecule has 158 valence electrons. The highest BCUT2D eigenvalue weighted by atomic mass is 32.1. The molecule has 1 saturated heterocycles. The number of likely N-dealkylation sites (tertiary alicyclic amines) is 1. The molecule has 1 amide bonds. The molecule has 1 aliphatic heterocycles. The molecule has 4 nitrogen and oxygen atoms in total. The van der Waals surface area contributed by atoms with Gasteiger partial charge in [-0.25, -0.2) is 4.98 Å². The number of benzene rings is 1. The number of piperidine rings is 1. The number of amides is 1. The number of nitrogens with one attached hydrogen (secondary N) is 1. The summed E-state index contributed by atoms with van der Waals surface area (Å²) in [6, 6.07) is 12.7. The molecule has 0 radical (unpaired) electrons. The van der Waals surface area contributed by atoms with Crippen LogP contribution in [0.4, 0.5) is 0 Å². The third kappa shape index (κ3) is 5.17. The molecule has 0 bridgehead atoms. The lowest BCUT2D eigenvalue weighted by atomic mass is 9.94. The Labute approximate surface area is 187 Å². The highest BCUT2D eigenvalue weighted by Crippen LogP contribution is 2.28. The zero-order chi connectivity index (χ0) is 20.9. The molecule has 1 fully saturated rings. The minimum absolute atomic E-state index is 0.0700. The molecule has 1 atom stereocenters. The lowest BCUT2D eigenvalue weighted by Gasteiger charge is -2.31. The Kier molecular flexibility index (Phi) is 6.97. The fraction of sp³-hybridized carbons (Fsp3) is 0.417. The molecule has 1 N–H and O–H groups in total. The number of hydrogen-bond donors (Lipinski definition) is 1. The van der Waals surface area contributed by atoms with E-state index in [0.29, 0.717) is 0 Å². The number of rotatable bonds is 7. The smallest absolute Gasteiger partial charge is 0.223 e. The maximum Gasteiger partial charge on any atom is 0.223 e. The van der Waals surface area contributed by atoms with Gasteiger partial charge in [-0.1, -0.05) is 37.3 Å². The summed E-state index contributed by atoms with van der Waals surface area (Å²) in [7, 11) is 0. The van der Waals surface area contributed by atoms with Gasteiger partial charge in [-0.2, -0.15) is 0 Å². The van der Waals surface area contributed by atoms with Crippen molar-refractivity contribution in [2.45, 2.75) is 45.7 Å². The summed E-state index contributed by atoms with van der Waals surface area (Å²) in [4.78, 5) is 21.3. The van der Waals surface area contributed by atoms with E-state index >= 15 is 0 Å². The molecule has 3 heterocycles. The predicted molar refractivity (Wildman–Crippen MR) is 125 cm³/mol. The Morgan fingerprint density at radius 3 is 2.57 bits per heavy atom. The van der Waals surface area contributed by atoms with Gasteiger partial charge in [0, 0.05) is 22.7 Å². The molecule has 4 rings (SSSR count). The molecule has 2 aromatic heterocycles. The molecule has 6 heteroatoms. The summed E-state index contributed by atoms with van der Waals surface area (Å²) >= 11 is 3.40. The molecule has 3 aromatic rings. The van der Waals surface area contributed by atoms with Gasteiger partial charge in [-0.3, -0.25) is 9.69 Å². The normalized spacial score (nSPS) is 16.5. The minimum atomic E-state index is -0.0700. The van der Waals surface area contributed by atoms with Gasteiger partial charge in [0.15, 0.2) is 0 Å². The van der Waals surface area contributed by atoms with E-state index in [1.165, 1.54) is 10.4 Å². The van der Waals surface area contributed by atoms with Crippen molar-refractivity contribution < 1.29 is 4.79 Å². The number of carbonyl (C=O) groups excluding carboxylic acids is 1. The molecule has 0 spiro atoms. The van der Waals surface area contributed by atoms with Crippen molar-refractivity contribution in [1.29, 1.82) is 0 Å². The number of hydrogen-bond acceptors (Lipinski definition) is 5. The van der Waals surface area contributed by atoms with E-state index in [1.807, 2.05) is 6.92 Å². The van der Waals surface area contributed by atoms with E-state index in [-0.39, 0.29) is 17.9 Å². The Bertz CT molecular complexity index is 941. The Hall–Kier alpha value is -2.02. The molecule has 1 aliphatic rings. The average molecular weight is 440 g/mol. The third-order valence-corrected chi connectivity index (χ3v) is 7.61. The Balaban J connectivity index is 1.38. The maximum atomic E-state index is 13.1. The van der Waals surface area contributed by atoms with Crippen molar-refractivity contribution in [1.82, 2.24) is 15.2 Å². The summed E-state index contributed by atoms with van der Waals surface area (Å²) in [5.41, 5.74) is 3.62. The van der Waals surface area contributed by atoms with Gasteiger partial charge in [0.25, 0.3) is 0 Å². The number of nitrogens with zero attached hydrogens (tertiary/aromatic N) is 2. The van der Waals surface area contributed by atoms with Crippen molar-refractivity contribution in [2.75, 3.05) is 13.1 Å². The summed E-state index contributed by atoms with van der Waals surface area (Å²) in [6.07, 6.45) is 2.83. The van der Waals surface area contributed by atoms with Gasteiger partial charge >= 0.3 is 0 Å². The van der Waals surface area contributed by atoms with Crippen molar-refractivity contribution in [2.24, 2.45) is 5.92 Å². The van der Waals surface area contributed by atoms with Crippen LogP contribution in [0.3, 0.4) is 0 Å². The standard InChI is InChI=1S/C24H29N3OS2/c1-3-18-6-8-19(9-7-18)23(22-5-4-14-29-22)26-24(28)20-10-12-27(13-11-20)15-21-16-30-17(2)25-21/h4-9,14,16,20,23H,3,10-13,15H2,1-2H3,(H,26,28). The SMILES string of the molecule is CCc1ccc(C(NC(=O)C2CCN(Cc3csc(C)n3)CC2)c2cccs2)cc1. The van der Waals surface area contributed by atoms with Crippen LogP contribution in [0.25, 0.3) is 0 Å². The first-order valence-corrected chi connectivity index (χ1v) is 12.4. The average Bonchev–Trinajstić information content (AvgIpc) is 3.44. The molecule has 1 unspecified atom stereocenters. The summed E-state index contributed by atoms with van der Waals surface area (Å²) < 4.78 is 0. The van der Waals surface area contributed by atoms with Gasteiger partial charge in [0.1, 0.15) is 0 Å². The summed E-state index contributed by atoms with van der Waals surface area (Å²) in [6.45, 7) is 6.99. The fourth-order valence-electron chi connectivity index (χ4n) is 4.04. The number of aryl methyl sites for hydroxylation is 2. The van der Waals surface area contributed by atoms with Crippen LogP contribution in [0.1, 0.15) is 52.5 Å². The number of thiazole rings is 1. The predicted octanol–water partition coefficient (Wildman–Crippen LogP) is 5.19. The first-order chi connectivity index (χ1) is 14.6. The number of thiophene rings is 1. The van der Waals surface area contributed by atoms with Crippen LogP contribution < -0.4 is 5.32 Å². The van der Waals surface area contributed by atoms with Crippen LogP contribution >= 0.6 is 22.7 Å². The van der Waals surface area contributed by atoms with Gasteiger partial charge in [-0.15, -0.1) is 22.7 Å². The first-order valence-electron chi connectivity index (χ1n) is 10.7. The molecule has 0 aliphatic carbocycles. The van der Waals surface area contributed by atoms with Crippen LogP contribution in [0.15, 0.2) is 47.2 Å². The van der Waals surface area contributed by atoms with Crippen molar-refractivity contribution >= 4 is 28.6 Å². The van der Waals surface area contributed by atoms with Gasteiger partial charge in [-0.05, 0) is 61.8 Å². The first kappa shape index (κ1) is 21.2. The van der Waals surface area contributed by atoms with Crippen molar-refractivity contribution in [3.63, 3.8) is 0 Å². The van der Waals surface area contributed by atoms with E-state index in [4.69, 9.17) is 0 Å². The fourth-order valence-corrected chi connectivity index (χ4v) is 5.45. The summed E-state index contributed by atoms with van der Waals surface area (Å²) in [5, 5.41) is 8.69. The molecule has 0 saturated carbocycles. The van der Waals surface area contributed by atoms with E-state index in [9.17, 15) is 4.79 Å². The maximum absolute atomic E-state index is 13.1. The van der Waals surface area contributed by atoms with Crippen molar-refractivity contribution in [3.8, 4) is 0 Å². The van der Waals surface area contributed by atoms with Crippen LogP contribution in [0.2, 0.25) is 0 Å². The molecular weight excluding hydrogens is 410 g/mol. The molecule has 1 aromatic carbocycles. The minimum Gasteiger partial charge on any atom is -0.344 e. The second-order valence-electron chi connectivity index (χ2n) is 7.96. The van der Waals surface area contributed by atoms with E-state index in [0.717, 1.165) is 55.2 Å². The van der Waals surface area contributed by atoms with E-state index in [2.05, 4.69) is 69.3 Å². The topological polar surface area (TPSA) is 45.2 Å². The zero-order valence-electron chi connectivity index (χ0n) is 17.6. The molecular formula is C24H29N3OS2. The van der Waals surface area contributed by atoms with Crippen LogP contribution in [-0.4, -0.2) is 28.9 Å². The summed E-state index contributed by atoms with van der Waals surface area (Å²) in [5.74, 6) is 0.257. The zero-order valence-corrected chi connectivity index (χ0v) is 19.3. The van der Waals surface area contributed by atoms with Crippen molar-refractivity contribution in [3.05, 3.63) is 73.9 Å². The van der Waals surface area contributed by atoms with Crippen LogP contribution in [0.5, 0.6) is 0 Å². The quantitative estimate of drug-likeness (QED) is 0.551. The van der Waals surface area contributed by atoms with Gasteiger partial charge in [0.05, 0.1) is 16.7 Å². The Morgan fingerprint density at radius 2 is 1.97 bits per heavy atom. The second kappa shape index (κ2) is 9.86.